The Morgan fingerprint density at radius 2 is 2.10 bits per heavy atom. The third kappa shape index (κ3) is 2.93. The first kappa shape index (κ1) is 14.8. The number of rotatable bonds is 2. The zero-order chi connectivity index (χ0) is 14.8. The van der Waals surface area contributed by atoms with Gasteiger partial charge in [0.25, 0.3) is 5.91 Å². The van der Waals surface area contributed by atoms with Crippen LogP contribution in [0.25, 0.3) is 0 Å². The fraction of sp³-hybridized carbons (Fsp3) is 0.188. The molecular weight excluding hydrogens is 322 g/mol. The van der Waals surface area contributed by atoms with E-state index in [1.165, 1.54) is 0 Å². The highest BCUT2D eigenvalue weighted by atomic mass is 35.5. The molecular formula is C16H14ClNOS2. The molecule has 3 rings (SSSR count). The summed E-state index contributed by atoms with van der Waals surface area (Å²) in [6.07, 6.45) is 1.99. The van der Waals surface area contributed by atoms with Crippen LogP contribution < -0.4 is 4.90 Å². The van der Waals surface area contributed by atoms with Gasteiger partial charge in [-0.1, -0.05) is 23.7 Å². The highest BCUT2D eigenvalue weighted by Crippen LogP contribution is 2.37. The highest BCUT2D eigenvalue weighted by molar-refractivity contribution is 7.99. The van der Waals surface area contributed by atoms with Gasteiger partial charge in [0.1, 0.15) is 0 Å². The number of amides is 1. The average Bonchev–Trinajstić information content (AvgIpc) is 2.53. The van der Waals surface area contributed by atoms with Crippen LogP contribution in [0.5, 0.6) is 0 Å². The summed E-state index contributed by atoms with van der Waals surface area (Å²) in [7, 11) is 0. The average molecular weight is 336 g/mol. The van der Waals surface area contributed by atoms with Crippen LogP contribution in [-0.4, -0.2) is 24.5 Å². The molecule has 0 saturated heterocycles. The molecule has 0 fully saturated rings. The Balaban J connectivity index is 2.02. The molecule has 2 aromatic carbocycles. The van der Waals surface area contributed by atoms with Gasteiger partial charge >= 0.3 is 0 Å². The molecule has 1 aliphatic heterocycles. The lowest BCUT2D eigenvalue weighted by molar-refractivity contribution is 0.0985. The maximum absolute atomic E-state index is 12.9. The Bertz CT molecular complexity index is 690. The summed E-state index contributed by atoms with van der Waals surface area (Å²) in [5, 5.41) is 0.659. The van der Waals surface area contributed by atoms with Gasteiger partial charge in [0, 0.05) is 27.1 Å². The van der Waals surface area contributed by atoms with Gasteiger partial charge in [0.15, 0.2) is 0 Å². The number of nitrogens with zero attached hydrogens (tertiary/aromatic N) is 1. The molecule has 1 heterocycles. The second kappa shape index (κ2) is 6.34. The molecule has 1 amide bonds. The summed E-state index contributed by atoms with van der Waals surface area (Å²) in [6.45, 7) is 0.708. The highest BCUT2D eigenvalue weighted by Gasteiger charge is 2.25. The Morgan fingerprint density at radius 3 is 2.90 bits per heavy atom. The van der Waals surface area contributed by atoms with E-state index in [-0.39, 0.29) is 5.91 Å². The van der Waals surface area contributed by atoms with Crippen molar-refractivity contribution in [2.75, 3.05) is 23.5 Å². The lowest BCUT2D eigenvalue weighted by Crippen LogP contribution is -2.35. The van der Waals surface area contributed by atoms with E-state index in [2.05, 4.69) is 0 Å². The third-order valence-corrected chi connectivity index (χ3v) is 5.44. The van der Waals surface area contributed by atoms with Gasteiger partial charge in [-0.25, -0.2) is 0 Å². The maximum atomic E-state index is 12.9. The molecule has 0 N–H and O–H groups in total. The first-order valence-corrected chi connectivity index (χ1v) is 9.17. The van der Waals surface area contributed by atoms with Gasteiger partial charge in [-0.2, -0.15) is 0 Å². The molecule has 0 bridgehead atoms. The molecule has 0 atom stereocenters. The number of hydrogen-bond donors (Lipinski definition) is 0. The van der Waals surface area contributed by atoms with Crippen LogP contribution in [0.2, 0.25) is 5.02 Å². The Morgan fingerprint density at radius 1 is 1.29 bits per heavy atom. The van der Waals surface area contributed by atoms with Crippen molar-refractivity contribution < 1.29 is 4.79 Å². The SMILES string of the molecule is CSc1ccccc1C(=O)N1CCSc2ccc(Cl)cc21. The van der Waals surface area contributed by atoms with Crippen molar-refractivity contribution in [1.82, 2.24) is 0 Å². The molecule has 108 valence electrons. The number of halogens is 1. The molecule has 0 aliphatic carbocycles. The maximum Gasteiger partial charge on any atom is 0.259 e. The molecule has 2 aromatic rings. The molecule has 5 heteroatoms. The van der Waals surface area contributed by atoms with E-state index in [9.17, 15) is 4.79 Å². The van der Waals surface area contributed by atoms with Crippen molar-refractivity contribution in [3.63, 3.8) is 0 Å². The van der Waals surface area contributed by atoms with E-state index in [1.54, 1.807) is 23.5 Å². The lowest BCUT2D eigenvalue weighted by atomic mass is 10.1. The molecule has 0 radical (unpaired) electrons. The van der Waals surface area contributed by atoms with Crippen LogP contribution in [0.3, 0.4) is 0 Å². The van der Waals surface area contributed by atoms with Gasteiger partial charge in [-0.15, -0.1) is 23.5 Å². The topological polar surface area (TPSA) is 20.3 Å². The molecule has 0 spiro atoms. The van der Waals surface area contributed by atoms with Gasteiger partial charge in [-0.3, -0.25) is 4.79 Å². The summed E-state index contributed by atoms with van der Waals surface area (Å²) in [4.78, 5) is 16.9. The van der Waals surface area contributed by atoms with E-state index < -0.39 is 0 Å². The third-order valence-electron chi connectivity index (χ3n) is 3.37. The van der Waals surface area contributed by atoms with E-state index in [1.807, 2.05) is 53.6 Å². The summed E-state index contributed by atoms with van der Waals surface area (Å²) < 4.78 is 0. The summed E-state index contributed by atoms with van der Waals surface area (Å²) in [6, 6.07) is 13.5. The van der Waals surface area contributed by atoms with E-state index in [0.717, 1.165) is 26.8 Å². The van der Waals surface area contributed by atoms with Gasteiger partial charge in [-0.05, 0) is 36.6 Å². The Kier molecular flexibility index (Phi) is 4.48. The van der Waals surface area contributed by atoms with Crippen molar-refractivity contribution in [3.05, 3.63) is 53.1 Å². The number of thioether (sulfide) groups is 2. The fourth-order valence-corrected chi connectivity index (χ4v) is 4.10. The number of fused-ring (bicyclic) bond motifs is 1. The monoisotopic (exact) mass is 335 g/mol. The number of hydrogen-bond acceptors (Lipinski definition) is 3. The lowest BCUT2D eigenvalue weighted by Gasteiger charge is -2.29. The predicted molar refractivity (Wildman–Crippen MR) is 92.1 cm³/mol. The van der Waals surface area contributed by atoms with Crippen molar-refractivity contribution in [3.8, 4) is 0 Å². The van der Waals surface area contributed by atoms with E-state index in [4.69, 9.17) is 11.6 Å². The normalized spacial score (nSPS) is 13.9. The van der Waals surface area contributed by atoms with Crippen LogP contribution in [0.15, 0.2) is 52.3 Å². The van der Waals surface area contributed by atoms with E-state index >= 15 is 0 Å². The first-order chi connectivity index (χ1) is 10.2. The number of benzene rings is 2. The Hall–Kier alpha value is -1.10. The summed E-state index contributed by atoms with van der Waals surface area (Å²) in [5.41, 5.74) is 1.67. The minimum atomic E-state index is 0.0452. The van der Waals surface area contributed by atoms with E-state index in [0.29, 0.717) is 11.6 Å². The van der Waals surface area contributed by atoms with Crippen molar-refractivity contribution >= 4 is 46.7 Å². The first-order valence-electron chi connectivity index (χ1n) is 6.58. The number of anilines is 1. The number of carbonyl (C=O) groups excluding carboxylic acids is 1. The zero-order valence-electron chi connectivity index (χ0n) is 11.5. The fourth-order valence-electron chi connectivity index (χ4n) is 2.37. The predicted octanol–water partition coefficient (Wildman–Crippen LogP) is 4.81. The Labute approximate surface area is 137 Å². The summed E-state index contributed by atoms with van der Waals surface area (Å²) >= 11 is 9.46. The van der Waals surface area contributed by atoms with Gasteiger partial charge in [0.05, 0.1) is 11.3 Å². The van der Waals surface area contributed by atoms with Crippen molar-refractivity contribution in [2.24, 2.45) is 0 Å². The summed E-state index contributed by atoms with van der Waals surface area (Å²) in [5.74, 6) is 0.950. The van der Waals surface area contributed by atoms with Crippen LogP contribution in [-0.2, 0) is 0 Å². The van der Waals surface area contributed by atoms with Gasteiger partial charge < -0.3 is 4.90 Å². The van der Waals surface area contributed by atoms with Gasteiger partial charge in [0.2, 0.25) is 0 Å². The standard InChI is InChI=1S/C16H14ClNOS2/c1-20-14-5-3-2-4-12(14)16(19)18-8-9-21-15-7-6-11(17)10-13(15)18/h2-7,10H,8-9H2,1H3. The smallest absolute Gasteiger partial charge is 0.259 e. The zero-order valence-corrected chi connectivity index (χ0v) is 13.9. The second-order valence-corrected chi connectivity index (χ2v) is 7.04. The second-order valence-electron chi connectivity index (χ2n) is 4.62. The molecule has 2 nitrogen and oxygen atoms in total. The van der Waals surface area contributed by atoms with Crippen LogP contribution >= 0.6 is 35.1 Å². The van der Waals surface area contributed by atoms with Crippen molar-refractivity contribution in [1.29, 1.82) is 0 Å². The quantitative estimate of drug-likeness (QED) is 0.734. The van der Waals surface area contributed by atoms with Crippen LogP contribution in [0, 0.1) is 0 Å². The van der Waals surface area contributed by atoms with Crippen LogP contribution in [0.1, 0.15) is 10.4 Å². The number of carbonyl (C=O) groups is 1. The minimum Gasteiger partial charge on any atom is -0.306 e. The minimum absolute atomic E-state index is 0.0452. The molecule has 21 heavy (non-hydrogen) atoms. The molecule has 0 unspecified atom stereocenters. The molecule has 0 saturated carbocycles. The molecule has 0 aromatic heterocycles. The van der Waals surface area contributed by atoms with Crippen molar-refractivity contribution in [2.45, 2.75) is 9.79 Å². The van der Waals surface area contributed by atoms with Crippen LogP contribution in [0.4, 0.5) is 5.69 Å². The largest absolute Gasteiger partial charge is 0.306 e. The molecule has 1 aliphatic rings.